The molecule has 0 N–H and O–H groups in total. The predicted octanol–water partition coefficient (Wildman–Crippen LogP) is 3.29. The van der Waals surface area contributed by atoms with Crippen LogP contribution in [0.2, 0.25) is 5.02 Å². The van der Waals surface area contributed by atoms with Crippen molar-refractivity contribution >= 4 is 34.0 Å². The van der Waals surface area contributed by atoms with Gasteiger partial charge in [0.15, 0.2) is 6.61 Å². The Bertz CT molecular complexity index is 737. The number of hydrogen-bond donors (Lipinski definition) is 0. The van der Waals surface area contributed by atoms with E-state index in [4.69, 9.17) is 16.4 Å². The molecule has 1 aromatic carbocycles. The molecule has 20 heavy (non-hydrogen) atoms. The van der Waals surface area contributed by atoms with E-state index < -0.39 is 0 Å². The fourth-order valence-corrected chi connectivity index (χ4v) is 2.73. The quantitative estimate of drug-likeness (QED) is 0.742. The van der Waals surface area contributed by atoms with Gasteiger partial charge in [0.1, 0.15) is 11.0 Å². The number of thiazole rings is 1. The minimum atomic E-state index is 0.355. The van der Waals surface area contributed by atoms with Crippen LogP contribution >= 0.6 is 22.9 Å². The Labute approximate surface area is 125 Å². The van der Waals surface area contributed by atoms with Crippen LogP contribution in [0.3, 0.4) is 0 Å². The molecule has 0 aliphatic rings. The van der Waals surface area contributed by atoms with Gasteiger partial charge in [-0.2, -0.15) is 0 Å². The van der Waals surface area contributed by atoms with Gasteiger partial charge in [-0.3, -0.25) is 0 Å². The maximum atomic E-state index is 5.97. The van der Waals surface area contributed by atoms with Gasteiger partial charge in [0, 0.05) is 16.3 Å². The summed E-state index contributed by atoms with van der Waals surface area (Å²) in [6.07, 6.45) is 0. The van der Waals surface area contributed by atoms with E-state index in [2.05, 4.69) is 29.1 Å². The lowest BCUT2D eigenvalue weighted by molar-refractivity contribution is 0.0733. The average Bonchev–Trinajstić information content (AvgIpc) is 3.02. The van der Waals surface area contributed by atoms with Crippen LogP contribution in [0.5, 0.6) is 0 Å². The molecule has 0 aliphatic carbocycles. The molecule has 3 rings (SSSR count). The maximum Gasteiger partial charge on any atom is 0.159 e. The molecule has 0 saturated carbocycles. The predicted molar refractivity (Wildman–Crippen MR) is 79.0 cm³/mol. The fourth-order valence-electron chi connectivity index (χ4n) is 1.75. The van der Waals surface area contributed by atoms with E-state index in [0.29, 0.717) is 17.5 Å². The van der Waals surface area contributed by atoms with Crippen molar-refractivity contribution in [3.8, 4) is 0 Å². The first-order chi connectivity index (χ1) is 9.63. The number of hydrogen-bond acceptors (Lipinski definition) is 5. The second kappa shape index (κ2) is 5.38. The molecular weight excluding hydrogens is 296 g/mol. The lowest BCUT2D eigenvalue weighted by atomic mass is 10.2. The first-order valence-corrected chi connectivity index (χ1v) is 7.48. The number of nitrogens with zero attached hydrogens (tertiary/aromatic N) is 4. The highest BCUT2D eigenvalue weighted by molar-refractivity contribution is 7.09. The van der Waals surface area contributed by atoms with Crippen LogP contribution < -0.4 is 4.84 Å². The molecule has 2 aromatic heterocycles. The molecule has 2 heterocycles. The molecule has 0 fully saturated rings. The van der Waals surface area contributed by atoms with Gasteiger partial charge in [0.05, 0.1) is 10.7 Å². The van der Waals surface area contributed by atoms with Gasteiger partial charge >= 0.3 is 0 Å². The fraction of sp³-hybridized carbons (Fsp3) is 0.308. The van der Waals surface area contributed by atoms with Crippen LogP contribution in [0.1, 0.15) is 30.5 Å². The Morgan fingerprint density at radius 3 is 3.00 bits per heavy atom. The van der Waals surface area contributed by atoms with Gasteiger partial charge in [-0.25, -0.2) is 4.98 Å². The van der Waals surface area contributed by atoms with Crippen LogP contribution in [0.4, 0.5) is 0 Å². The lowest BCUT2D eigenvalue weighted by Crippen LogP contribution is -2.13. The number of rotatable bonds is 4. The first-order valence-electron chi connectivity index (χ1n) is 6.22. The monoisotopic (exact) mass is 308 g/mol. The Morgan fingerprint density at radius 2 is 2.25 bits per heavy atom. The molecular formula is C13H13ClN4OS. The van der Waals surface area contributed by atoms with Crippen LogP contribution in [-0.2, 0) is 6.61 Å². The number of fused-ring (bicyclic) bond motifs is 1. The maximum absolute atomic E-state index is 5.97. The summed E-state index contributed by atoms with van der Waals surface area (Å²) in [6, 6.07) is 5.36. The summed E-state index contributed by atoms with van der Waals surface area (Å²) in [5.74, 6) is 0.430. The molecule has 0 saturated heterocycles. The van der Waals surface area contributed by atoms with Crippen LogP contribution in [-0.4, -0.2) is 20.1 Å². The molecule has 5 nitrogen and oxygen atoms in total. The summed E-state index contributed by atoms with van der Waals surface area (Å²) in [4.78, 5) is 11.5. The van der Waals surface area contributed by atoms with E-state index in [1.807, 2.05) is 11.4 Å². The zero-order valence-electron chi connectivity index (χ0n) is 11.1. The Kier molecular flexibility index (Phi) is 3.58. The topological polar surface area (TPSA) is 52.8 Å². The minimum Gasteiger partial charge on any atom is -0.388 e. The standard InChI is InChI=1S/C13H13ClN4OS/c1-8(2)13-15-10(7-20-13)6-19-18-12-5-9(14)3-4-11(12)16-17-18/h3-5,7-8H,6H2,1-2H3. The summed E-state index contributed by atoms with van der Waals surface area (Å²) in [5.41, 5.74) is 2.39. The molecule has 0 amide bonds. The van der Waals surface area contributed by atoms with E-state index in [-0.39, 0.29) is 0 Å². The molecule has 0 bridgehead atoms. The van der Waals surface area contributed by atoms with Crippen molar-refractivity contribution in [2.75, 3.05) is 0 Å². The molecule has 0 aliphatic heterocycles. The normalized spacial score (nSPS) is 11.4. The third kappa shape index (κ3) is 2.62. The average molecular weight is 309 g/mol. The highest BCUT2D eigenvalue weighted by atomic mass is 35.5. The Balaban J connectivity index is 1.77. The van der Waals surface area contributed by atoms with E-state index in [0.717, 1.165) is 21.7 Å². The highest BCUT2D eigenvalue weighted by Crippen LogP contribution is 2.20. The zero-order valence-corrected chi connectivity index (χ0v) is 12.6. The van der Waals surface area contributed by atoms with E-state index in [1.54, 1.807) is 23.5 Å². The third-order valence-electron chi connectivity index (χ3n) is 2.78. The minimum absolute atomic E-state index is 0.355. The van der Waals surface area contributed by atoms with Crippen molar-refractivity contribution in [1.82, 2.24) is 20.1 Å². The number of aromatic nitrogens is 4. The Morgan fingerprint density at radius 1 is 1.40 bits per heavy atom. The molecule has 3 aromatic rings. The molecule has 0 unspecified atom stereocenters. The molecule has 0 atom stereocenters. The number of benzene rings is 1. The van der Waals surface area contributed by atoms with Crippen molar-refractivity contribution in [2.24, 2.45) is 0 Å². The molecule has 0 spiro atoms. The van der Waals surface area contributed by atoms with Crippen LogP contribution in [0, 0.1) is 0 Å². The van der Waals surface area contributed by atoms with Crippen molar-refractivity contribution in [3.05, 3.63) is 39.3 Å². The third-order valence-corrected chi connectivity index (χ3v) is 4.20. The SMILES string of the molecule is CC(C)c1nc(COn2nnc3ccc(Cl)cc32)cs1. The second-order valence-corrected chi connectivity index (χ2v) is 6.03. The van der Waals surface area contributed by atoms with Crippen molar-refractivity contribution in [3.63, 3.8) is 0 Å². The van der Waals surface area contributed by atoms with Gasteiger partial charge < -0.3 is 4.84 Å². The first kappa shape index (κ1) is 13.3. The second-order valence-electron chi connectivity index (χ2n) is 4.70. The van der Waals surface area contributed by atoms with E-state index in [9.17, 15) is 0 Å². The Hall–Kier alpha value is -1.66. The van der Waals surface area contributed by atoms with E-state index >= 15 is 0 Å². The summed E-state index contributed by atoms with van der Waals surface area (Å²) in [7, 11) is 0. The summed E-state index contributed by atoms with van der Waals surface area (Å²) in [5, 5.41) is 11.7. The van der Waals surface area contributed by atoms with Crippen LogP contribution in [0.15, 0.2) is 23.6 Å². The van der Waals surface area contributed by atoms with Crippen molar-refractivity contribution < 1.29 is 4.84 Å². The van der Waals surface area contributed by atoms with Gasteiger partial charge in [-0.05, 0) is 23.4 Å². The molecule has 0 radical (unpaired) electrons. The molecule has 104 valence electrons. The van der Waals surface area contributed by atoms with E-state index in [1.165, 1.54) is 4.85 Å². The highest BCUT2D eigenvalue weighted by Gasteiger charge is 2.09. The van der Waals surface area contributed by atoms with Gasteiger partial charge in [-0.15, -0.1) is 16.4 Å². The zero-order chi connectivity index (χ0) is 14.1. The van der Waals surface area contributed by atoms with Crippen molar-refractivity contribution in [2.45, 2.75) is 26.4 Å². The van der Waals surface area contributed by atoms with Crippen LogP contribution in [0.25, 0.3) is 11.0 Å². The molecule has 7 heteroatoms. The number of halogens is 1. The van der Waals surface area contributed by atoms with Gasteiger partial charge in [0.25, 0.3) is 0 Å². The summed E-state index contributed by atoms with van der Waals surface area (Å²) in [6.45, 7) is 4.60. The largest absolute Gasteiger partial charge is 0.388 e. The summed E-state index contributed by atoms with van der Waals surface area (Å²) < 4.78 is 0. The van der Waals surface area contributed by atoms with Crippen molar-refractivity contribution in [1.29, 1.82) is 0 Å². The van der Waals surface area contributed by atoms with Gasteiger partial charge in [0.2, 0.25) is 0 Å². The lowest BCUT2D eigenvalue weighted by Gasteiger charge is -2.03. The van der Waals surface area contributed by atoms with Gasteiger partial charge in [-0.1, -0.05) is 30.3 Å². The smallest absolute Gasteiger partial charge is 0.159 e. The summed E-state index contributed by atoms with van der Waals surface area (Å²) >= 11 is 7.61.